The average molecular weight is 432 g/mol. The van der Waals surface area contributed by atoms with E-state index in [1.807, 2.05) is 48.5 Å². The molecule has 0 spiro atoms. The number of carbonyl (C=O) groups excluding carboxylic acids is 1. The molecule has 0 radical (unpaired) electrons. The lowest BCUT2D eigenvalue weighted by Gasteiger charge is -2.07. The molecule has 0 bridgehead atoms. The van der Waals surface area contributed by atoms with Gasteiger partial charge < -0.3 is 9.73 Å². The Kier molecular flexibility index (Phi) is 6.11. The molecule has 0 fully saturated rings. The van der Waals surface area contributed by atoms with Crippen LogP contribution in [0.4, 0.5) is 5.69 Å². The third kappa shape index (κ3) is 4.95. The minimum absolute atomic E-state index is 0.115. The fourth-order valence-corrected chi connectivity index (χ4v) is 3.08. The monoisotopic (exact) mass is 431 g/mol. The van der Waals surface area contributed by atoms with Crippen molar-refractivity contribution in [3.8, 4) is 11.5 Å². The molecule has 0 unspecified atom stereocenters. The molecule has 134 valence electrons. The van der Waals surface area contributed by atoms with Crippen LogP contribution in [0.5, 0.6) is 0 Å². The molecular weight excluding hydrogens is 414 g/mol. The molecule has 3 aromatic rings. The van der Waals surface area contributed by atoms with Crippen molar-refractivity contribution in [3.63, 3.8) is 0 Å². The predicted molar refractivity (Wildman–Crippen MR) is 107 cm³/mol. The minimum atomic E-state index is -0.115. The number of halogens is 1. The molecule has 2 aromatic carbocycles. The van der Waals surface area contributed by atoms with Crippen molar-refractivity contribution in [3.05, 3.63) is 58.6 Å². The number of thioether (sulfide) groups is 1. The molecule has 0 saturated carbocycles. The van der Waals surface area contributed by atoms with E-state index >= 15 is 0 Å². The van der Waals surface area contributed by atoms with Crippen LogP contribution in [-0.2, 0) is 4.79 Å². The number of aromatic nitrogens is 2. The smallest absolute Gasteiger partial charge is 0.277 e. The zero-order chi connectivity index (χ0) is 18.5. The second kappa shape index (κ2) is 8.51. The Labute approximate surface area is 164 Å². The van der Waals surface area contributed by atoms with Gasteiger partial charge in [-0.15, -0.1) is 10.2 Å². The van der Waals surface area contributed by atoms with Gasteiger partial charge in [0.1, 0.15) is 0 Å². The van der Waals surface area contributed by atoms with Crippen molar-refractivity contribution in [1.82, 2.24) is 10.2 Å². The molecule has 7 heteroatoms. The summed E-state index contributed by atoms with van der Waals surface area (Å²) in [6.45, 7) is 4.27. The quantitative estimate of drug-likeness (QED) is 0.532. The number of carbonyl (C=O) groups is 1. The Morgan fingerprint density at radius 1 is 1.12 bits per heavy atom. The van der Waals surface area contributed by atoms with E-state index in [1.165, 1.54) is 17.3 Å². The first-order chi connectivity index (χ1) is 12.5. The van der Waals surface area contributed by atoms with Crippen LogP contribution in [0, 0.1) is 0 Å². The molecule has 1 N–H and O–H groups in total. The van der Waals surface area contributed by atoms with Crippen molar-refractivity contribution in [2.45, 2.75) is 25.0 Å². The Morgan fingerprint density at radius 3 is 2.46 bits per heavy atom. The van der Waals surface area contributed by atoms with Crippen molar-refractivity contribution in [1.29, 1.82) is 0 Å². The van der Waals surface area contributed by atoms with Crippen molar-refractivity contribution in [2.24, 2.45) is 0 Å². The number of nitrogens with one attached hydrogen (secondary N) is 1. The third-order valence-electron chi connectivity index (χ3n) is 3.69. The van der Waals surface area contributed by atoms with Crippen LogP contribution in [0.15, 0.2) is 62.6 Å². The van der Waals surface area contributed by atoms with Gasteiger partial charge in [0.15, 0.2) is 0 Å². The maximum atomic E-state index is 12.1. The van der Waals surface area contributed by atoms with Gasteiger partial charge in [-0.3, -0.25) is 4.79 Å². The zero-order valence-electron chi connectivity index (χ0n) is 14.4. The second-order valence-corrected chi connectivity index (χ2v) is 7.84. The van der Waals surface area contributed by atoms with Gasteiger partial charge in [-0.25, -0.2) is 0 Å². The summed E-state index contributed by atoms with van der Waals surface area (Å²) in [5.74, 6) is 0.988. The van der Waals surface area contributed by atoms with Gasteiger partial charge in [-0.05, 0) is 47.9 Å². The first-order valence-corrected chi connectivity index (χ1v) is 9.91. The average Bonchev–Trinajstić information content (AvgIpc) is 3.10. The molecule has 0 aliphatic rings. The number of benzene rings is 2. The standard InChI is InChI=1S/C19H18BrN3O2S/c1-12(2)13-5-9-16(10-6-13)21-17(24)11-26-19-23-22-18(25-19)14-3-7-15(20)8-4-14/h3-10,12H,11H2,1-2H3,(H,21,24). The Bertz CT molecular complexity index is 877. The topological polar surface area (TPSA) is 68.0 Å². The van der Waals surface area contributed by atoms with Gasteiger partial charge in [-0.2, -0.15) is 0 Å². The van der Waals surface area contributed by atoms with Crippen LogP contribution in [0.25, 0.3) is 11.5 Å². The molecule has 0 atom stereocenters. The summed E-state index contributed by atoms with van der Waals surface area (Å²) in [5.41, 5.74) is 2.85. The van der Waals surface area contributed by atoms with Gasteiger partial charge >= 0.3 is 0 Å². The summed E-state index contributed by atoms with van der Waals surface area (Å²) < 4.78 is 6.58. The van der Waals surface area contributed by atoms with E-state index in [0.29, 0.717) is 17.0 Å². The molecule has 0 aliphatic carbocycles. The SMILES string of the molecule is CC(C)c1ccc(NC(=O)CSc2nnc(-c3ccc(Br)cc3)o2)cc1. The van der Waals surface area contributed by atoms with E-state index in [-0.39, 0.29) is 11.7 Å². The van der Waals surface area contributed by atoms with Crippen LogP contribution in [0.1, 0.15) is 25.3 Å². The summed E-state index contributed by atoms with van der Waals surface area (Å²) in [5, 5.41) is 11.2. The van der Waals surface area contributed by atoms with Gasteiger partial charge in [0, 0.05) is 15.7 Å². The molecule has 3 rings (SSSR count). The lowest BCUT2D eigenvalue weighted by Crippen LogP contribution is -2.14. The fourth-order valence-electron chi connectivity index (χ4n) is 2.25. The van der Waals surface area contributed by atoms with Crippen LogP contribution in [0.3, 0.4) is 0 Å². The summed E-state index contributed by atoms with van der Waals surface area (Å²) in [6, 6.07) is 15.5. The molecule has 0 saturated heterocycles. The highest BCUT2D eigenvalue weighted by Crippen LogP contribution is 2.24. The van der Waals surface area contributed by atoms with Gasteiger partial charge in [0.2, 0.25) is 11.8 Å². The maximum Gasteiger partial charge on any atom is 0.277 e. The summed E-state index contributed by atoms with van der Waals surface area (Å²) >= 11 is 4.60. The van der Waals surface area contributed by atoms with E-state index < -0.39 is 0 Å². The lowest BCUT2D eigenvalue weighted by atomic mass is 10.0. The molecular formula is C19H18BrN3O2S. The van der Waals surface area contributed by atoms with Crippen LogP contribution < -0.4 is 5.32 Å². The molecule has 26 heavy (non-hydrogen) atoms. The van der Waals surface area contributed by atoms with E-state index in [0.717, 1.165) is 15.7 Å². The first kappa shape index (κ1) is 18.7. The van der Waals surface area contributed by atoms with E-state index in [2.05, 4.69) is 45.3 Å². The first-order valence-electron chi connectivity index (χ1n) is 8.13. The number of rotatable bonds is 6. The predicted octanol–water partition coefficient (Wildman–Crippen LogP) is 5.35. The van der Waals surface area contributed by atoms with Gasteiger partial charge in [0.05, 0.1) is 5.75 Å². The lowest BCUT2D eigenvalue weighted by molar-refractivity contribution is -0.113. The van der Waals surface area contributed by atoms with Gasteiger partial charge in [-0.1, -0.05) is 53.7 Å². The molecule has 0 aliphatic heterocycles. The number of amides is 1. The Balaban J connectivity index is 1.54. The largest absolute Gasteiger partial charge is 0.411 e. The highest BCUT2D eigenvalue weighted by molar-refractivity contribution is 9.10. The summed E-state index contributed by atoms with van der Waals surface area (Å²) in [7, 11) is 0. The zero-order valence-corrected chi connectivity index (χ0v) is 16.8. The number of nitrogens with zero attached hydrogens (tertiary/aromatic N) is 2. The molecule has 1 heterocycles. The molecule has 1 aromatic heterocycles. The molecule has 5 nitrogen and oxygen atoms in total. The van der Waals surface area contributed by atoms with Crippen molar-refractivity contribution >= 4 is 39.3 Å². The second-order valence-electron chi connectivity index (χ2n) is 5.99. The maximum absolute atomic E-state index is 12.1. The number of hydrogen-bond donors (Lipinski definition) is 1. The summed E-state index contributed by atoms with van der Waals surface area (Å²) in [6.07, 6.45) is 0. The number of anilines is 1. The van der Waals surface area contributed by atoms with E-state index in [4.69, 9.17) is 4.42 Å². The van der Waals surface area contributed by atoms with Crippen LogP contribution in [0.2, 0.25) is 0 Å². The Hall–Kier alpha value is -2.12. The van der Waals surface area contributed by atoms with Crippen molar-refractivity contribution in [2.75, 3.05) is 11.1 Å². The highest BCUT2D eigenvalue weighted by Gasteiger charge is 2.11. The van der Waals surface area contributed by atoms with E-state index in [9.17, 15) is 4.79 Å². The van der Waals surface area contributed by atoms with Gasteiger partial charge in [0.25, 0.3) is 5.22 Å². The van der Waals surface area contributed by atoms with Crippen LogP contribution in [-0.4, -0.2) is 21.9 Å². The Morgan fingerprint density at radius 2 is 1.81 bits per heavy atom. The normalized spacial score (nSPS) is 10.9. The summed E-state index contributed by atoms with van der Waals surface area (Å²) in [4.78, 5) is 12.1. The third-order valence-corrected chi connectivity index (χ3v) is 5.03. The molecule has 1 amide bonds. The minimum Gasteiger partial charge on any atom is -0.411 e. The van der Waals surface area contributed by atoms with Crippen LogP contribution >= 0.6 is 27.7 Å². The van der Waals surface area contributed by atoms with Crippen molar-refractivity contribution < 1.29 is 9.21 Å². The fraction of sp³-hybridized carbons (Fsp3) is 0.211. The number of hydrogen-bond acceptors (Lipinski definition) is 5. The van der Waals surface area contributed by atoms with E-state index in [1.54, 1.807) is 0 Å². The highest BCUT2D eigenvalue weighted by atomic mass is 79.9.